The van der Waals surface area contributed by atoms with Gasteiger partial charge < -0.3 is 19.9 Å². The Morgan fingerprint density at radius 3 is 2.76 bits per heavy atom. The lowest BCUT2D eigenvalue weighted by Crippen LogP contribution is -2.13. The second kappa shape index (κ2) is 8.38. The summed E-state index contributed by atoms with van der Waals surface area (Å²) >= 11 is 0. The first-order valence-electron chi connectivity index (χ1n) is 10.3. The number of nitrogens with zero attached hydrogens (tertiary/aromatic N) is 4. The number of halogens is 1. The molecule has 10 heteroatoms. The molecule has 9 nitrogen and oxygen atoms in total. The van der Waals surface area contributed by atoms with Crippen LogP contribution in [0.3, 0.4) is 0 Å². The van der Waals surface area contributed by atoms with Gasteiger partial charge in [-0.2, -0.15) is 0 Å². The monoisotopic (exact) mass is 449 g/mol. The molecule has 2 aliphatic heterocycles. The molecule has 0 radical (unpaired) electrons. The van der Waals surface area contributed by atoms with Gasteiger partial charge in [-0.05, 0) is 31.2 Å². The van der Waals surface area contributed by atoms with Crippen LogP contribution in [0.1, 0.15) is 22.7 Å². The maximum Gasteiger partial charge on any atom is 0.290 e. The number of pyridine rings is 2. The van der Waals surface area contributed by atoms with Crippen LogP contribution in [0.15, 0.2) is 42.9 Å². The van der Waals surface area contributed by atoms with Crippen LogP contribution in [0.5, 0.6) is 11.5 Å². The van der Waals surface area contributed by atoms with E-state index in [9.17, 15) is 4.39 Å². The molecule has 3 aromatic heterocycles. The number of rotatable bonds is 1. The number of hydrogen-bond donors (Lipinski definition) is 2. The highest BCUT2D eigenvalue weighted by molar-refractivity contribution is 5.81. The van der Waals surface area contributed by atoms with Crippen molar-refractivity contribution in [3.8, 4) is 22.6 Å². The Balaban J connectivity index is 0.000000724. The Morgan fingerprint density at radius 2 is 2.00 bits per heavy atom. The third kappa shape index (κ3) is 3.59. The molecule has 4 aromatic rings. The molecule has 0 unspecified atom stereocenters. The summed E-state index contributed by atoms with van der Waals surface area (Å²) in [5.41, 5.74) is 4.90. The smallest absolute Gasteiger partial charge is 0.290 e. The Hall–Kier alpha value is -4.21. The summed E-state index contributed by atoms with van der Waals surface area (Å²) in [7, 11) is 0. The maximum absolute atomic E-state index is 14.7. The minimum atomic E-state index is -0.250. The van der Waals surface area contributed by atoms with E-state index in [1.165, 1.54) is 6.07 Å². The van der Waals surface area contributed by atoms with Crippen LogP contribution in [0, 0.1) is 12.7 Å². The molecule has 0 spiro atoms. The number of carboxylic acid groups (broad SMARTS) is 1. The number of aryl methyl sites for hydroxylation is 1. The number of carbonyl (C=O) groups is 1. The highest BCUT2D eigenvalue weighted by atomic mass is 19.1. The van der Waals surface area contributed by atoms with Crippen LogP contribution in [-0.2, 0) is 11.3 Å². The summed E-state index contributed by atoms with van der Waals surface area (Å²) in [4.78, 5) is 12.8. The molecule has 1 aromatic carbocycles. The van der Waals surface area contributed by atoms with Crippen molar-refractivity contribution >= 4 is 17.9 Å². The number of ether oxygens (including phenoxy) is 2. The number of nitrogens with one attached hydrogen (secondary N) is 1. The fourth-order valence-corrected chi connectivity index (χ4v) is 4.22. The second-order valence-electron chi connectivity index (χ2n) is 7.70. The van der Waals surface area contributed by atoms with E-state index in [0.29, 0.717) is 42.5 Å². The first-order chi connectivity index (χ1) is 16.1. The van der Waals surface area contributed by atoms with E-state index in [4.69, 9.17) is 19.4 Å². The molecule has 1 atom stereocenters. The molecule has 6 rings (SSSR count). The summed E-state index contributed by atoms with van der Waals surface area (Å²) in [5, 5.41) is 18.6. The van der Waals surface area contributed by atoms with E-state index in [1.54, 1.807) is 12.4 Å². The van der Waals surface area contributed by atoms with Gasteiger partial charge in [0.1, 0.15) is 17.9 Å². The van der Waals surface area contributed by atoms with Crippen LogP contribution in [-0.4, -0.2) is 44.4 Å². The topological polar surface area (TPSA) is 111 Å². The zero-order valence-electron chi connectivity index (χ0n) is 17.7. The predicted octanol–water partition coefficient (Wildman–Crippen LogP) is 3.42. The lowest BCUT2D eigenvalue weighted by molar-refractivity contribution is -0.122. The Kier molecular flexibility index (Phi) is 5.25. The van der Waals surface area contributed by atoms with E-state index >= 15 is 0 Å². The molecule has 0 bridgehead atoms. The number of benzene rings is 1. The van der Waals surface area contributed by atoms with Crippen molar-refractivity contribution in [2.75, 3.05) is 18.5 Å². The fraction of sp³-hybridized carbons (Fsp3) is 0.217. The van der Waals surface area contributed by atoms with Gasteiger partial charge in [0.25, 0.3) is 6.47 Å². The summed E-state index contributed by atoms with van der Waals surface area (Å²) in [6.07, 6.45) is 3.45. The average Bonchev–Trinajstić information content (AvgIpc) is 3.46. The Bertz CT molecular complexity index is 1340. The van der Waals surface area contributed by atoms with Crippen molar-refractivity contribution in [3.63, 3.8) is 0 Å². The third-order valence-electron chi connectivity index (χ3n) is 5.74. The normalized spacial score (nSPS) is 15.9. The van der Waals surface area contributed by atoms with Gasteiger partial charge >= 0.3 is 0 Å². The van der Waals surface area contributed by atoms with E-state index in [-0.39, 0.29) is 18.2 Å². The highest BCUT2D eigenvalue weighted by Crippen LogP contribution is 2.41. The van der Waals surface area contributed by atoms with Crippen LogP contribution in [0.25, 0.3) is 16.8 Å². The van der Waals surface area contributed by atoms with Gasteiger partial charge in [-0.3, -0.25) is 14.2 Å². The molecule has 0 fully saturated rings. The lowest BCUT2D eigenvalue weighted by atomic mass is 9.96. The van der Waals surface area contributed by atoms with Crippen molar-refractivity contribution in [2.24, 2.45) is 0 Å². The van der Waals surface area contributed by atoms with Gasteiger partial charge in [-0.15, -0.1) is 10.2 Å². The summed E-state index contributed by atoms with van der Waals surface area (Å²) in [6.45, 7) is 2.87. The second-order valence-corrected chi connectivity index (χ2v) is 7.70. The number of anilines is 1. The number of fused-ring (bicyclic) bond motifs is 3. The molecule has 0 amide bonds. The van der Waals surface area contributed by atoms with Gasteiger partial charge in [-0.25, -0.2) is 4.39 Å². The van der Waals surface area contributed by atoms with Gasteiger partial charge in [0.15, 0.2) is 17.2 Å². The van der Waals surface area contributed by atoms with Gasteiger partial charge in [0.2, 0.25) is 0 Å². The molecule has 168 valence electrons. The quantitative estimate of drug-likeness (QED) is 0.426. The van der Waals surface area contributed by atoms with Crippen LogP contribution in [0.2, 0.25) is 0 Å². The van der Waals surface area contributed by atoms with E-state index in [1.807, 2.05) is 35.7 Å². The Labute approximate surface area is 187 Å². The maximum atomic E-state index is 14.7. The molecule has 0 aliphatic carbocycles. The first kappa shape index (κ1) is 20.7. The van der Waals surface area contributed by atoms with Crippen molar-refractivity contribution in [2.45, 2.75) is 19.4 Å². The number of aromatic nitrogens is 4. The van der Waals surface area contributed by atoms with Crippen molar-refractivity contribution in [1.82, 2.24) is 19.6 Å². The third-order valence-corrected chi connectivity index (χ3v) is 5.74. The van der Waals surface area contributed by atoms with Gasteiger partial charge in [0, 0.05) is 40.7 Å². The average molecular weight is 449 g/mol. The summed E-state index contributed by atoms with van der Waals surface area (Å²) < 4.78 is 28.5. The van der Waals surface area contributed by atoms with Crippen LogP contribution in [0.4, 0.5) is 10.2 Å². The molecule has 2 aliphatic rings. The minimum absolute atomic E-state index is 0.0282. The van der Waals surface area contributed by atoms with E-state index in [2.05, 4.69) is 20.5 Å². The van der Waals surface area contributed by atoms with Gasteiger partial charge in [-0.1, -0.05) is 6.07 Å². The largest absolute Gasteiger partial charge is 0.493 e. The fourth-order valence-electron chi connectivity index (χ4n) is 4.22. The zero-order chi connectivity index (χ0) is 22.9. The molecular formula is C23H20FN5O4. The van der Waals surface area contributed by atoms with Crippen molar-refractivity contribution in [1.29, 1.82) is 0 Å². The molecule has 5 heterocycles. The van der Waals surface area contributed by atoms with Crippen LogP contribution < -0.4 is 14.8 Å². The summed E-state index contributed by atoms with van der Waals surface area (Å²) in [6, 6.07) is 9.06. The van der Waals surface area contributed by atoms with E-state index < -0.39 is 0 Å². The Morgan fingerprint density at radius 1 is 1.21 bits per heavy atom. The lowest BCUT2D eigenvalue weighted by Gasteiger charge is -2.16. The zero-order valence-corrected chi connectivity index (χ0v) is 17.7. The molecule has 0 saturated heterocycles. The van der Waals surface area contributed by atoms with E-state index in [0.717, 1.165) is 28.1 Å². The first-order valence-corrected chi connectivity index (χ1v) is 10.3. The summed E-state index contributed by atoms with van der Waals surface area (Å²) in [5.74, 6) is 1.80. The molecule has 2 N–H and O–H groups in total. The van der Waals surface area contributed by atoms with Crippen molar-refractivity contribution < 1.29 is 23.8 Å². The molecular weight excluding hydrogens is 429 g/mol. The highest BCUT2D eigenvalue weighted by Gasteiger charge is 2.31. The van der Waals surface area contributed by atoms with Crippen LogP contribution >= 0.6 is 0 Å². The molecule has 0 saturated carbocycles. The minimum Gasteiger partial charge on any atom is -0.493 e. The molecule has 33 heavy (non-hydrogen) atoms. The van der Waals surface area contributed by atoms with Gasteiger partial charge in [0.05, 0.1) is 19.1 Å². The van der Waals surface area contributed by atoms with Crippen molar-refractivity contribution in [3.05, 3.63) is 65.5 Å². The SMILES string of the molecule is Cc1ccc(-c2cc3c(n4cnnc24)NCc2c(F)ccc4c2[C@H](CO4)CO3)cn1.O=CO. The number of hydrogen-bond acceptors (Lipinski definition) is 7. The standard InChI is InChI=1S/C22H18FN5O2.CH2O2/c1-12-2-3-13(7-24-12)15-6-19-22(28-11-26-27-21(15)28)25-8-16-17(23)4-5-18-20(16)14(9-29-18)10-30-19;2-1-3/h2-7,11,14,25H,8-10H2,1H3;1H,(H,2,3)/t14-;/m1./s1. The predicted molar refractivity (Wildman–Crippen MR) is 117 cm³/mol.